The van der Waals surface area contributed by atoms with Crippen LogP contribution in [0.3, 0.4) is 0 Å². The first kappa shape index (κ1) is 15.0. The number of nitrogens with zero attached hydrogens (tertiary/aromatic N) is 1. The predicted octanol–water partition coefficient (Wildman–Crippen LogP) is 4.09. The third-order valence-electron chi connectivity index (χ3n) is 3.08. The number of aryl methyl sites for hydroxylation is 1. The molecule has 0 saturated carbocycles. The number of anilines is 3. The van der Waals surface area contributed by atoms with Crippen LogP contribution in [0.5, 0.6) is 5.75 Å². The molecule has 2 aromatic rings. The first-order chi connectivity index (χ1) is 9.88. The van der Waals surface area contributed by atoms with Crippen molar-refractivity contribution in [2.75, 3.05) is 17.7 Å². The number of ether oxygens (including phenoxy) is 1. The monoisotopic (exact) mass is 296 g/mol. The number of nitrogens with two attached hydrogens (primary N) is 1. The topological polar surface area (TPSA) is 38.5 Å². The minimum absolute atomic E-state index is 0.136. The number of benzene rings is 2. The molecule has 0 aliphatic heterocycles. The molecule has 0 aliphatic carbocycles. The molecular formula is C15H15F3N2O. The van der Waals surface area contributed by atoms with E-state index in [1.165, 1.54) is 0 Å². The maximum absolute atomic E-state index is 13.6. The van der Waals surface area contributed by atoms with E-state index in [2.05, 4.69) is 4.74 Å². The molecule has 2 aromatic carbocycles. The molecule has 0 atom stereocenters. The Hall–Kier alpha value is -2.37. The summed E-state index contributed by atoms with van der Waals surface area (Å²) in [6.45, 7) is -1.15. The van der Waals surface area contributed by atoms with Crippen LogP contribution in [0.25, 0.3) is 0 Å². The lowest BCUT2D eigenvalue weighted by atomic mass is 10.2. The minimum atomic E-state index is -3.10. The molecular weight excluding hydrogens is 281 g/mol. The molecule has 0 spiro atoms. The van der Waals surface area contributed by atoms with Gasteiger partial charge in [-0.3, -0.25) is 0 Å². The Labute approximate surface area is 120 Å². The van der Waals surface area contributed by atoms with Crippen LogP contribution in [-0.2, 0) is 0 Å². The van der Waals surface area contributed by atoms with Gasteiger partial charge in [0.05, 0.1) is 11.4 Å². The number of hydrogen-bond donors (Lipinski definition) is 1. The highest BCUT2D eigenvalue weighted by Gasteiger charge is 2.16. The highest BCUT2D eigenvalue weighted by Crippen LogP contribution is 2.34. The highest BCUT2D eigenvalue weighted by molar-refractivity contribution is 5.76. The number of alkyl halides is 2. The van der Waals surface area contributed by atoms with E-state index in [0.29, 0.717) is 5.69 Å². The Kier molecular flexibility index (Phi) is 4.26. The molecule has 112 valence electrons. The largest absolute Gasteiger partial charge is 0.432 e. The van der Waals surface area contributed by atoms with E-state index in [1.54, 1.807) is 11.9 Å². The molecule has 0 saturated heterocycles. The number of rotatable bonds is 4. The van der Waals surface area contributed by atoms with E-state index >= 15 is 0 Å². The average Bonchev–Trinajstić information content (AvgIpc) is 2.41. The van der Waals surface area contributed by atoms with E-state index < -0.39 is 18.2 Å². The Morgan fingerprint density at radius 1 is 1.14 bits per heavy atom. The summed E-state index contributed by atoms with van der Waals surface area (Å²) in [5.74, 6) is -1.46. The van der Waals surface area contributed by atoms with Crippen LogP contribution >= 0.6 is 0 Å². The second-order valence-electron chi connectivity index (χ2n) is 4.61. The van der Waals surface area contributed by atoms with Crippen molar-refractivity contribution in [2.45, 2.75) is 13.5 Å². The minimum Gasteiger partial charge on any atom is -0.432 e. The summed E-state index contributed by atoms with van der Waals surface area (Å²) in [7, 11) is 1.71. The third kappa shape index (κ3) is 3.39. The third-order valence-corrected chi connectivity index (χ3v) is 3.08. The van der Waals surface area contributed by atoms with Crippen molar-refractivity contribution in [2.24, 2.45) is 0 Å². The van der Waals surface area contributed by atoms with Crippen molar-refractivity contribution in [3.8, 4) is 5.75 Å². The van der Waals surface area contributed by atoms with Gasteiger partial charge in [0.25, 0.3) is 0 Å². The van der Waals surface area contributed by atoms with Crippen LogP contribution in [0.1, 0.15) is 5.56 Å². The zero-order valence-corrected chi connectivity index (χ0v) is 11.6. The van der Waals surface area contributed by atoms with Crippen LogP contribution < -0.4 is 15.4 Å². The van der Waals surface area contributed by atoms with Crippen molar-refractivity contribution in [3.63, 3.8) is 0 Å². The van der Waals surface area contributed by atoms with Crippen LogP contribution in [0.2, 0.25) is 0 Å². The van der Waals surface area contributed by atoms with Gasteiger partial charge >= 0.3 is 6.61 Å². The van der Waals surface area contributed by atoms with Crippen LogP contribution in [0.15, 0.2) is 36.4 Å². The summed E-state index contributed by atoms with van der Waals surface area (Å²) < 4.78 is 42.2. The molecule has 21 heavy (non-hydrogen) atoms. The lowest BCUT2D eigenvalue weighted by Gasteiger charge is -2.22. The molecule has 0 bridgehead atoms. The molecule has 2 rings (SSSR count). The van der Waals surface area contributed by atoms with E-state index in [4.69, 9.17) is 5.73 Å². The van der Waals surface area contributed by atoms with Gasteiger partial charge in [-0.25, -0.2) is 4.39 Å². The zero-order valence-electron chi connectivity index (χ0n) is 11.6. The van der Waals surface area contributed by atoms with Crippen molar-refractivity contribution >= 4 is 17.1 Å². The second kappa shape index (κ2) is 5.95. The van der Waals surface area contributed by atoms with Gasteiger partial charge < -0.3 is 15.4 Å². The molecule has 0 heterocycles. The zero-order chi connectivity index (χ0) is 15.6. The van der Waals surface area contributed by atoms with Gasteiger partial charge in [-0.2, -0.15) is 8.78 Å². The molecule has 2 N–H and O–H groups in total. The maximum atomic E-state index is 13.6. The van der Waals surface area contributed by atoms with E-state index in [0.717, 1.165) is 23.4 Å². The maximum Gasteiger partial charge on any atom is 0.387 e. The van der Waals surface area contributed by atoms with Crippen LogP contribution in [0.4, 0.5) is 30.2 Å². The summed E-state index contributed by atoms with van der Waals surface area (Å²) in [5, 5.41) is 0. The van der Waals surface area contributed by atoms with Crippen molar-refractivity contribution in [3.05, 3.63) is 47.8 Å². The highest BCUT2D eigenvalue weighted by atomic mass is 19.3. The molecule has 0 aromatic heterocycles. The number of hydrogen-bond acceptors (Lipinski definition) is 3. The Morgan fingerprint density at radius 2 is 1.76 bits per heavy atom. The summed E-state index contributed by atoms with van der Waals surface area (Å²) in [5.41, 5.74) is 8.16. The predicted molar refractivity (Wildman–Crippen MR) is 76.7 cm³/mol. The van der Waals surface area contributed by atoms with E-state index in [-0.39, 0.29) is 5.69 Å². The summed E-state index contributed by atoms with van der Waals surface area (Å²) in [6.07, 6.45) is 0. The number of halogens is 3. The molecule has 0 amide bonds. The van der Waals surface area contributed by atoms with Crippen molar-refractivity contribution in [1.82, 2.24) is 0 Å². The van der Waals surface area contributed by atoms with Gasteiger partial charge in [0.15, 0.2) is 11.6 Å². The molecule has 0 radical (unpaired) electrons. The molecule has 0 aliphatic rings. The standard InChI is InChI=1S/C15H15F3N2O/c1-9-3-5-10(6-4-9)20(2)13-8-14(21-15(17)18)11(16)7-12(13)19/h3-8,15H,19H2,1-2H3. The summed E-state index contributed by atoms with van der Waals surface area (Å²) >= 11 is 0. The average molecular weight is 296 g/mol. The van der Waals surface area contributed by atoms with Crippen LogP contribution in [0, 0.1) is 12.7 Å². The lowest BCUT2D eigenvalue weighted by molar-refractivity contribution is -0.0521. The Bertz CT molecular complexity index is 630. The SMILES string of the molecule is Cc1ccc(N(C)c2cc(OC(F)F)c(F)cc2N)cc1. The Morgan fingerprint density at radius 3 is 2.33 bits per heavy atom. The van der Waals surface area contributed by atoms with Gasteiger partial charge in [-0.15, -0.1) is 0 Å². The van der Waals surface area contributed by atoms with Gasteiger partial charge in [-0.1, -0.05) is 17.7 Å². The fourth-order valence-corrected chi connectivity index (χ4v) is 1.94. The quantitative estimate of drug-likeness (QED) is 0.864. The normalized spacial score (nSPS) is 10.8. The first-order valence-electron chi connectivity index (χ1n) is 6.22. The second-order valence-corrected chi connectivity index (χ2v) is 4.61. The number of nitrogen functional groups attached to an aromatic ring is 1. The van der Waals surface area contributed by atoms with Crippen molar-refractivity contribution < 1.29 is 17.9 Å². The van der Waals surface area contributed by atoms with E-state index in [1.807, 2.05) is 31.2 Å². The fraction of sp³-hybridized carbons (Fsp3) is 0.200. The van der Waals surface area contributed by atoms with Gasteiger partial charge in [0, 0.05) is 24.9 Å². The molecule has 3 nitrogen and oxygen atoms in total. The van der Waals surface area contributed by atoms with Crippen molar-refractivity contribution in [1.29, 1.82) is 0 Å². The summed E-state index contributed by atoms with van der Waals surface area (Å²) in [4.78, 5) is 1.67. The molecule has 0 fully saturated rings. The first-order valence-corrected chi connectivity index (χ1v) is 6.22. The summed E-state index contributed by atoms with van der Waals surface area (Å²) in [6, 6.07) is 9.65. The molecule has 6 heteroatoms. The van der Waals surface area contributed by atoms with Crippen LogP contribution in [-0.4, -0.2) is 13.7 Å². The van der Waals surface area contributed by atoms with Gasteiger partial charge in [0.1, 0.15) is 0 Å². The van der Waals surface area contributed by atoms with Gasteiger partial charge in [0.2, 0.25) is 0 Å². The smallest absolute Gasteiger partial charge is 0.387 e. The van der Waals surface area contributed by atoms with E-state index in [9.17, 15) is 13.2 Å². The van der Waals surface area contributed by atoms with Gasteiger partial charge in [-0.05, 0) is 19.1 Å². The lowest BCUT2D eigenvalue weighted by Crippen LogP contribution is -2.13. The molecule has 0 unspecified atom stereocenters. The Balaban J connectivity index is 2.40. The fourth-order valence-electron chi connectivity index (χ4n) is 1.94.